The largest absolute Gasteiger partial charge is 0.383 e. The van der Waals surface area contributed by atoms with E-state index in [-0.39, 0.29) is 18.0 Å². The van der Waals surface area contributed by atoms with Gasteiger partial charge in [0.2, 0.25) is 0 Å². The first-order valence-electron chi connectivity index (χ1n) is 7.06. The Hall–Kier alpha value is -1.26. The summed E-state index contributed by atoms with van der Waals surface area (Å²) in [7, 11) is 1.65. The molecule has 0 N–H and O–H groups in total. The maximum atomic E-state index is 13.5. The monoisotopic (exact) mass is 281 g/mol. The van der Waals surface area contributed by atoms with Crippen molar-refractivity contribution in [2.24, 2.45) is 0 Å². The van der Waals surface area contributed by atoms with Gasteiger partial charge in [-0.15, -0.1) is 0 Å². The number of hydrogen-bond donors (Lipinski definition) is 0. The topological polar surface area (TPSA) is 29.5 Å². The maximum absolute atomic E-state index is 13.5. The molecule has 0 radical (unpaired) electrons. The van der Waals surface area contributed by atoms with Gasteiger partial charge in [-0.3, -0.25) is 9.69 Å². The lowest BCUT2D eigenvalue weighted by atomic mass is 10.1. The van der Waals surface area contributed by atoms with Crippen LogP contribution in [0.25, 0.3) is 0 Å². The number of hydrogen-bond acceptors (Lipinski definition) is 3. The Morgan fingerprint density at radius 3 is 2.70 bits per heavy atom. The van der Waals surface area contributed by atoms with Gasteiger partial charge in [0.25, 0.3) is 0 Å². The Morgan fingerprint density at radius 1 is 1.40 bits per heavy atom. The molecule has 0 aliphatic rings. The lowest BCUT2D eigenvalue weighted by Crippen LogP contribution is -2.39. The highest BCUT2D eigenvalue weighted by atomic mass is 19.1. The predicted octanol–water partition coefficient (Wildman–Crippen LogP) is 2.68. The minimum Gasteiger partial charge on any atom is -0.383 e. The van der Waals surface area contributed by atoms with E-state index in [1.54, 1.807) is 25.3 Å². The molecule has 0 aliphatic carbocycles. The summed E-state index contributed by atoms with van der Waals surface area (Å²) < 4.78 is 18.6. The normalized spacial score (nSPS) is 12.7. The van der Waals surface area contributed by atoms with Gasteiger partial charge in [-0.25, -0.2) is 4.39 Å². The van der Waals surface area contributed by atoms with Gasteiger partial charge in [0.1, 0.15) is 5.82 Å². The molecule has 1 aromatic carbocycles. The molecule has 20 heavy (non-hydrogen) atoms. The number of carbonyl (C=O) groups excluding carboxylic acids is 1. The molecule has 4 heteroatoms. The Labute approximate surface area is 120 Å². The third-order valence-electron chi connectivity index (χ3n) is 3.52. The van der Waals surface area contributed by atoms with Crippen LogP contribution in [-0.4, -0.2) is 43.5 Å². The summed E-state index contributed by atoms with van der Waals surface area (Å²) >= 11 is 0. The van der Waals surface area contributed by atoms with Crippen molar-refractivity contribution < 1.29 is 13.9 Å². The molecule has 0 saturated carbocycles. The fourth-order valence-corrected chi connectivity index (χ4v) is 2.06. The highest BCUT2D eigenvalue weighted by molar-refractivity contribution is 5.82. The van der Waals surface area contributed by atoms with Gasteiger partial charge in [0, 0.05) is 26.1 Å². The third kappa shape index (κ3) is 5.39. The summed E-state index contributed by atoms with van der Waals surface area (Å²) in [5.41, 5.74) is 0.466. The van der Waals surface area contributed by atoms with Gasteiger partial charge >= 0.3 is 0 Å². The van der Waals surface area contributed by atoms with E-state index < -0.39 is 0 Å². The van der Waals surface area contributed by atoms with Gasteiger partial charge in [-0.2, -0.15) is 0 Å². The zero-order valence-corrected chi connectivity index (χ0v) is 12.6. The average Bonchev–Trinajstić information content (AvgIpc) is 2.45. The molecule has 1 atom stereocenters. The van der Waals surface area contributed by atoms with Gasteiger partial charge in [-0.1, -0.05) is 25.1 Å². The van der Waals surface area contributed by atoms with Crippen LogP contribution >= 0.6 is 0 Å². The number of nitrogens with zero attached hydrogens (tertiary/aromatic N) is 1. The fourth-order valence-electron chi connectivity index (χ4n) is 2.06. The number of Topliss-reactive ketones (excluding diaryl/α,β-unsaturated/α-hetero) is 1. The Kier molecular flexibility index (Phi) is 7.41. The van der Waals surface area contributed by atoms with E-state index in [0.717, 1.165) is 6.42 Å². The SMILES string of the molecule is CCC(C)N(CCOC)CC(=O)Cc1ccccc1F. The first-order valence-corrected chi connectivity index (χ1v) is 7.06. The van der Waals surface area contributed by atoms with Crippen LogP contribution in [0, 0.1) is 5.82 Å². The molecule has 0 saturated heterocycles. The molecule has 1 unspecified atom stereocenters. The van der Waals surface area contributed by atoms with Crippen molar-refractivity contribution in [3.8, 4) is 0 Å². The minimum absolute atomic E-state index is 0.0338. The Balaban J connectivity index is 2.59. The lowest BCUT2D eigenvalue weighted by Gasteiger charge is -2.27. The van der Waals surface area contributed by atoms with E-state index in [1.807, 2.05) is 0 Å². The van der Waals surface area contributed by atoms with Crippen LogP contribution in [0.2, 0.25) is 0 Å². The molecular weight excluding hydrogens is 257 g/mol. The van der Waals surface area contributed by atoms with Gasteiger partial charge in [0.15, 0.2) is 5.78 Å². The van der Waals surface area contributed by atoms with E-state index in [4.69, 9.17) is 4.74 Å². The van der Waals surface area contributed by atoms with Gasteiger partial charge < -0.3 is 4.74 Å². The molecule has 3 nitrogen and oxygen atoms in total. The Morgan fingerprint density at radius 2 is 2.10 bits per heavy atom. The highest BCUT2D eigenvalue weighted by Gasteiger charge is 2.16. The van der Waals surface area contributed by atoms with Gasteiger partial charge in [0.05, 0.1) is 13.2 Å². The summed E-state index contributed by atoms with van der Waals surface area (Å²) in [6.45, 7) is 5.83. The summed E-state index contributed by atoms with van der Waals surface area (Å²) in [5.74, 6) is -0.278. The van der Waals surface area contributed by atoms with Gasteiger partial charge in [-0.05, 0) is 25.0 Å². The second-order valence-electron chi connectivity index (χ2n) is 5.03. The van der Waals surface area contributed by atoms with E-state index in [1.165, 1.54) is 6.07 Å². The van der Waals surface area contributed by atoms with Crippen molar-refractivity contribution >= 4 is 5.78 Å². The third-order valence-corrected chi connectivity index (χ3v) is 3.52. The molecule has 1 aromatic rings. The van der Waals surface area contributed by atoms with Crippen molar-refractivity contribution in [1.29, 1.82) is 0 Å². The average molecular weight is 281 g/mol. The van der Waals surface area contributed by atoms with Crippen molar-refractivity contribution in [3.63, 3.8) is 0 Å². The highest BCUT2D eigenvalue weighted by Crippen LogP contribution is 2.09. The predicted molar refractivity (Wildman–Crippen MR) is 78.3 cm³/mol. The Bertz CT molecular complexity index is 423. The molecule has 0 amide bonds. The number of rotatable bonds is 9. The molecule has 0 bridgehead atoms. The van der Waals surface area contributed by atoms with E-state index >= 15 is 0 Å². The smallest absolute Gasteiger partial charge is 0.151 e. The van der Waals surface area contributed by atoms with Crippen molar-refractivity contribution in [2.75, 3.05) is 26.8 Å². The van der Waals surface area contributed by atoms with Crippen LogP contribution in [0.15, 0.2) is 24.3 Å². The second kappa shape index (κ2) is 8.82. The van der Waals surface area contributed by atoms with Crippen LogP contribution in [0.3, 0.4) is 0 Å². The van der Waals surface area contributed by atoms with E-state index in [0.29, 0.717) is 31.3 Å². The molecule has 0 aliphatic heterocycles. The van der Waals surface area contributed by atoms with Crippen molar-refractivity contribution in [3.05, 3.63) is 35.6 Å². The molecular formula is C16H24FNO2. The molecule has 0 aromatic heterocycles. The zero-order chi connectivity index (χ0) is 15.0. The van der Waals surface area contributed by atoms with E-state index in [9.17, 15) is 9.18 Å². The zero-order valence-electron chi connectivity index (χ0n) is 12.6. The standard InChI is InChI=1S/C16H24FNO2/c1-4-13(2)18(9-10-20-3)12-15(19)11-14-7-5-6-8-16(14)17/h5-8,13H,4,9-12H2,1-3H3. The molecule has 0 fully saturated rings. The first-order chi connectivity index (χ1) is 9.58. The van der Waals surface area contributed by atoms with Crippen LogP contribution in [0.1, 0.15) is 25.8 Å². The number of ketones is 1. The summed E-state index contributed by atoms with van der Waals surface area (Å²) in [4.78, 5) is 14.2. The number of carbonyl (C=O) groups is 1. The quantitative estimate of drug-likeness (QED) is 0.697. The summed E-state index contributed by atoms with van der Waals surface area (Å²) in [6.07, 6.45) is 1.11. The molecule has 0 spiro atoms. The van der Waals surface area contributed by atoms with Crippen LogP contribution in [0.5, 0.6) is 0 Å². The van der Waals surface area contributed by atoms with Crippen molar-refractivity contribution in [2.45, 2.75) is 32.7 Å². The minimum atomic E-state index is -0.312. The fraction of sp³-hybridized carbons (Fsp3) is 0.562. The lowest BCUT2D eigenvalue weighted by molar-refractivity contribution is -0.120. The molecule has 0 heterocycles. The number of ether oxygens (including phenoxy) is 1. The summed E-state index contributed by atoms with van der Waals surface area (Å²) in [5, 5.41) is 0. The second-order valence-corrected chi connectivity index (χ2v) is 5.03. The number of halogens is 1. The summed E-state index contributed by atoms with van der Waals surface area (Å²) in [6, 6.07) is 6.75. The van der Waals surface area contributed by atoms with E-state index in [2.05, 4.69) is 18.7 Å². The van der Waals surface area contributed by atoms with Crippen LogP contribution in [-0.2, 0) is 16.0 Å². The molecule has 1 rings (SSSR count). The number of benzene rings is 1. The van der Waals surface area contributed by atoms with Crippen LogP contribution < -0.4 is 0 Å². The van der Waals surface area contributed by atoms with Crippen molar-refractivity contribution in [1.82, 2.24) is 4.90 Å². The maximum Gasteiger partial charge on any atom is 0.151 e. The first kappa shape index (κ1) is 16.8. The van der Waals surface area contributed by atoms with Crippen LogP contribution in [0.4, 0.5) is 4.39 Å². The molecule has 112 valence electrons. The number of methoxy groups -OCH3 is 1.